The van der Waals surface area contributed by atoms with Gasteiger partial charge in [-0.3, -0.25) is 0 Å². The van der Waals surface area contributed by atoms with Crippen LogP contribution in [0.5, 0.6) is 5.75 Å². The second-order valence-corrected chi connectivity index (χ2v) is 3.05. The lowest BCUT2D eigenvalue weighted by molar-refractivity contribution is 0.162. The number of rotatable bonds is 4. The van der Waals surface area contributed by atoms with Crippen LogP contribution in [0.1, 0.15) is 31.4 Å². The zero-order valence-electron chi connectivity index (χ0n) is 8.86. The van der Waals surface area contributed by atoms with Crippen molar-refractivity contribution >= 4 is 0 Å². The van der Waals surface area contributed by atoms with Crippen LogP contribution in [0, 0.1) is 0 Å². The van der Waals surface area contributed by atoms with Gasteiger partial charge in [-0.2, -0.15) is 0 Å². The first-order valence-corrected chi connectivity index (χ1v) is 4.60. The van der Waals surface area contributed by atoms with Crippen molar-refractivity contribution in [3.63, 3.8) is 0 Å². The Hall–Kier alpha value is -1.06. The predicted molar refractivity (Wildman–Crippen MR) is 57.9 cm³/mol. The Kier molecular flexibility index (Phi) is 5.92. The average molecular weight is 197 g/mol. The van der Waals surface area contributed by atoms with Crippen LogP contribution in [0.25, 0.3) is 0 Å². The number of hydrogen-bond acceptors (Lipinski definition) is 3. The number of ether oxygens (including phenoxy) is 1. The Balaban J connectivity index is 0.00000169. The second-order valence-electron chi connectivity index (χ2n) is 3.05. The zero-order chi connectivity index (χ0) is 9.68. The summed E-state index contributed by atoms with van der Waals surface area (Å²) < 4.78 is 5.15. The number of aliphatic hydroxyl groups excluding tert-OH is 1. The molecular formula is C11H19NO2. The van der Waals surface area contributed by atoms with Crippen LogP contribution in [0.3, 0.4) is 0 Å². The number of methoxy groups -OCH3 is 1. The molecule has 0 saturated carbocycles. The van der Waals surface area contributed by atoms with Crippen LogP contribution in [0.4, 0.5) is 0 Å². The third kappa shape index (κ3) is 3.01. The van der Waals surface area contributed by atoms with Crippen molar-refractivity contribution in [3.8, 4) is 5.75 Å². The van der Waals surface area contributed by atoms with Gasteiger partial charge >= 0.3 is 0 Å². The maximum absolute atomic E-state index is 9.75. The molecule has 1 aromatic carbocycles. The fraction of sp³-hybridized carbons (Fsp3) is 0.455. The lowest BCUT2D eigenvalue weighted by atomic mass is 10.0. The molecule has 3 nitrogen and oxygen atoms in total. The largest absolute Gasteiger partial charge is 0.496 e. The maximum atomic E-state index is 9.75. The van der Waals surface area contributed by atoms with Crippen molar-refractivity contribution in [1.82, 2.24) is 6.15 Å². The van der Waals surface area contributed by atoms with Gasteiger partial charge in [-0.1, -0.05) is 31.5 Å². The van der Waals surface area contributed by atoms with E-state index in [0.29, 0.717) is 0 Å². The topological polar surface area (TPSA) is 64.5 Å². The Bertz CT molecular complexity index is 263. The quantitative estimate of drug-likeness (QED) is 0.780. The summed E-state index contributed by atoms with van der Waals surface area (Å²) in [5.74, 6) is 0.767. The molecule has 0 amide bonds. The molecule has 0 saturated heterocycles. The number of para-hydroxylation sites is 1. The van der Waals surface area contributed by atoms with Gasteiger partial charge in [-0.05, 0) is 12.5 Å². The summed E-state index contributed by atoms with van der Waals surface area (Å²) in [5.41, 5.74) is 0.881. The molecule has 0 aromatic heterocycles. The third-order valence-corrected chi connectivity index (χ3v) is 2.06. The van der Waals surface area contributed by atoms with E-state index in [1.807, 2.05) is 24.3 Å². The van der Waals surface area contributed by atoms with Crippen molar-refractivity contribution < 1.29 is 9.84 Å². The molecule has 0 bridgehead atoms. The van der Waals surface area contributed by atoms with Crippen LogP contribution in [0.15, 0.2) is 24.3 Å². The van der Waals surface area contributed by atoms with Crippen molar-refractivity contribution in [2.75, 3.05) is 7.11 Å². The molecule has 1 atom stereocenters. The molecule has 3 heteroatoms. The smallest absolute Gasteiger partial charge is 0.124 e. The van der Waals surface area contributed by atoms with E-state index < -0.39 is 6.10 Å². The molecule has 0 radical (unpaired) electrons. The maximum Gasteiger partial charge on any atom is 0.124 e. The second kappa shape index (κ2) is 6.40. The van der Waals surface area contributed by atoms with Crippen molar-refractivity contribution in [2.24, 2.45) is 0 Å². The van der Waals surface area contributed by atoms with Crippen molar-refractivity contribution in [1.29, 1.82) is 0 Å². The van der Waals surface area contributed by atoms with Gasteiger partial charge in [-0.25, -0.2) is 0 Å². The van der Waals surface area contributed by atoms with Crippen LogP contribution in [-0.2, 0) is 0 Å². The highest BCUT2D eigenvalue weighted by Gasteiger charge is 2.10. The molecule has 0 aliphatic carbocycles. The highest BCUT2D eigenvalue weighted by molar-refractivity contribution is 5.34. The van der Waals surface area contributed by atoms with E-state index in [1.54, 1.807) is 7.11 Å². The number of benzene rings is 1. The minimum atomic E-state index is -0.402. The summed E-state index contributed by atoms with van der Waals surface area (Å²) >= 11 is 0. The van der Waals surface area contributed by atoms with Crippen LogP contribution >= 0.6 is 0 Å². The van der Waals surface area contributed by atoms with Gasteiger partial charge in [0.25, 0.3) is 0 Å². The van der Waals surface area contributed by atoms with Gasteiger partial charge in [0.1, 0.15) is 5.75 Å². The third-order valence-electron chi connectivity index (χ3n) is 2.06. The number of hydrogen-bond donors (Lipinski definition) is 2. The van der Waals surface area contributed by atoms with Crippen molar-refractivity contribution in [2.45, 2.75) is 25.9 Å². The fourth-order valence-electron chi connectivity index (χ4n) is 1.37. The van der Waals surface area contributed by atoms with Gasteiger partial charge in [0.2, 0.25) is 0 Å². The van der Waals surface area contributed by atoms with Crippen LogP contribution < -0.4 is 10.9 Å². The minimum Gasteiger partial charge on any atom is -0.496 e. The van der Waals surface area contributed by atoms with Gasteiger partial charge in [-0.15, -0.1) is 0 Å². The SMILES string of the molecule is CCCC(O)c1ccccc1OC.N. The highest BCUT2D eigenvalue weighted by Crippen LogP contribution is 2.27. The molecule has 0 aliphatic heterocycles. The summed E-state index contributed by atoms with van der Waals surface area (Å²) in [6.07, 6.45) is 1.35. The summed E-state index contributed by atoms with van der Waals surface area (Å²) in [7, 11) is 1.62. The summed E-state index contributed by atoms with van der Waals surface area (Å²) in [5, 5.41) is 9.75. The fourth-order valence-corrected chi connectivity index (χ4v) is 1.37. The van der Waals surface area contributed by atoms with Crippen LogP contribution in [0.2, 0.25) is 0 Å². The first kappa shape index (κ1) is 12.9. The van der Waals surface area contributed by atoms with Crippen molar-refractivity contribution in [3.05, 3.63) is 29.8 Å². The Morgan fingerprint density at radius 3 is 2.57 bits per heavy atom. The Morgan fingerprint density at radius 2 is 2.00 bits per heavy atom. The first-order chi connectivity index (χ1) is 6.29. The standard InChI is InChI=1S/C11H16O2.H3N/c1-3-6-10(12)9-7-4-5-8-11(9)13-2;/h4-5,7-8,10,12H,3,6H2,1-2H3;1H3. The molecule has 1 unspecified atom stereocenters. The molecular weight excluding hydrogens is 178 g/mol. The van der Waals surface area contributed by atoms with E-state index in [4.69, 9.17) is 4.74 Å². The van der Waals surface area contributed by atoms with E-state index in [1.165, 1.54) is 0 Å². The molecule has 0 fully saturated rings. The average Bonchev–Trinajstić information content (AvgIpc) is 2.18. The molecule has 0 aliphatic rings. The van der Waals surface area contributed by atoms with E-state index >= 15 is 0 Å². The summed E-state index contributed by atoms with van der Waals surface area (Å²) in [6.45, 7) is 2.05. The highest BCUT2D eigenvalue weighted by atomic mass is 16.5. The molecule has 1 aromatic rings. The predicted octanol–water partition coefficient (Wildman–Crippen LogP) is 2.69. The summed E-state index contributed by atoms with van der Waals surface area (Å²) in [6, 6.07) is 7.59. The molecule has 0 spiro atoms. The lowest BCUT2D eigenvalue weighted by Crippen LogP contribution is -1.99. The van der Waals surface area contributed by atoms with E-state index in [9.17, 15) is 5.11 Å². The van der Waals surface area contributed by atoms with Gasteiger partial charge < -0.3 is 16.0 Å². The summed E-state index contributed by atoms with van der Waals surface area (Å²) in [4.78, 5) is 0. The molecule has 1 rings (SSSR count). The first-order valence-electron chi connectivity index (χ1n) is 4.60. The monoisotopic (exact) mass is 197 g/mol. The Morgan fingerprint density at radius 1 is 1.36 bits per heavy atom. The number of aliphatic hydroxyl groups is 1. The van der Waals surface area contributed by atoms with E-state index in [0.717, 1.165) is 24.2 Å². The zero-order valence-corrected chi connectivity index (χ0v) is 8.86. The van der Waals surface area contributed by atoms with Gasteiger partial charge in [0.05, 0.1) is 13.2 Å². The lowest BCUT2D eigenvalue weighted by Gasteiger charge is -2.13. The minimum absolute atomic E-state index is 0. The van der Waals surface area contributed by atoms with Crippen LogP contribution in [-0.4, -0.2) is 12.2 Å². The molecule has 14 heavy (non-hydrogen) atoms. The molecule has 0 heterocycles. The van der Waals surface area contributed by atoms with E-state index in [2.05, 4.69) is 6.92 Å². The normalized spacial score (nSPS) is 11.6. The Labute approximate surface area is 85.3 Å². The van der Waals surface area contributed by atoms with Gasteiger partial charge in [0, 0.05) is 5.56 Å². The molecule has 80 valence electrons. The van der Waals surface area contributed by atoms with E-state index in [-0.39, 0.29) is 6.15 Å². The van der Waals surface area contributed by atoms with Gasteiger partial charge in [0.15, 0.2) is 0 Å². The molecule has 4 N–H and O–H groups in total.